The van der Waals surface area contributed by atoms with Crippen molar-refractivity contribution >= 4 is 10.0 Å². The molecule has 1 aromatic rings. The predicted octanol–water partition coefficient (Wildman–Crippen LogP) is 1.57. The van der Waals surface area contributed by atoms with E-state index in [9.17, 15) is 26.0 Å². The number of benzene rings is 1. The molecule has 1 saturated heterocycles. The van der Waals surface area contributed by atoms with Crippen molar-refractivity contribution in [2.24, 2.45) is 5.73 Å². The Kier molecular flexibility index (Phi) is 3.78. The summed E-state index contributed by atoms with van der Waals surface area (Å²) < 4.78 is 76.2. The van der Waals surface area contributed by atoms with Crippen molar-refractivity contribution in [3.63, 3.8) is 0 Å². The molecule has 112 valence electrons. The van der Waals surface area contributed by atoms with E-state index in [-0.39, 0.29) is 19.1 Å². The van der Waals surface area contributed by atoms with Crippen LogP contribution in [0, 0.1) is 5.82 Å². The van der Waals surface area contributed by atoms with E-state index in [0.717, 1.165) is 10.4 Å². The van der Waals surface area contributed by atoms with Gasteiger partial charge in [-0.2, -0.15) is 17.5 Å². The van der Waals surface area contributed by atoms with Crippen LogP contribution < -0.4 is 5.73 Å². The van der Waals surface area contributed by atoms with Crippen molar-refractivity contribution in [3.05, 3.63) is 29.6 Å². The lowest BCUT2D eigenvalue weighted by Crippen LogP contribution is -2.32. The van der Waals surface area contributed by atoms with Gasteiger partial charge in [-0.25, -0.2) is 12.8 Å². The van der Waals surface area contributed by atoms with Crippen LogP contribution in [0.5, 0.6) is 0 Å². The zero-order valence-corrected chi connectivity index (χ0v) is 11.0. The Morgan fingerprint density at radius 2 is 1.95 bits per heavy atom. The number of nitrogens with zero attached hydrogens (tertiary/aromatic N) is 1. The van der Waals surface area contributed by atoms with E-state index < -0.39 is 32.5 Å². The normalized spacial score (nSPS) is 21.4. The monoisotopic (exact) mass is 312 g/mol. The Morgan fingerprint density at radius 1 is 1.30 bits per heavy atom. The molecule has 1 atom stereocenters. The van der Waals surface area contributed by atoms with E-state index >= 15 is 0 Å². The highest BCUT2D eigenvalue weighted by atomic mass is 32.2. The molecule has 0 spiro atoms. The number of rotatable bonds is 2. The van der Waals surface area contributed by atoms with Crippen LogP contribution in [0.15, 0.2) is 23.1 Å². The Morgan fingerprint density at radius 3 is 2.45 bits per heavy atom. The van der Waals surface area contributed by atoms with E-state index in [2.05, 4.69) is 0 Å². The molecule has 0 saturated carbocycles. The Hall–Kier alpha value is -1.19. The average molecular weight is 312 g/mol. The first-order chi connectivity index (χ1) is 9.12. The highest BCUT2D eigenvalue weighted by Gasteiger charge is 2.37. The summed E-state index contributed by atoms with van der Waals surface area (Å²) in [7, 11) is -4.08. The van der Waals surface area contributed by atoms with Crippen molar-refractivity contribution in [2.75, 3.05) is 13.1 Å². The van der Waals surface area contributed by atoms with Gasteiger partial charge in [0.1, 0.15) is 5.82 Å². The third-order valence-electron chi connectivity index (χ3n) is 3.07. The van der Waals surface area contributed by atoms with Gasteiger partial charge < -0.3 is 5.73 Å². The molecule has 0 aliphatic carbocycles. The number of alkyl halides is 3. The number of hydrogen-bond acceptors (Lipinski definition) is 3. The van der Waals surface area contributed by atoms with Crippen molar-refractivity contribution in [1.82, 2.24) is 4.31 Å². The molecule has 0 bridgehead atoms. The maximum atomic E-state index is 13.1. The maximum Gasteiger partial charge on any atom is 0.419 e. The van der Waals surface area contributed by atoms with Gasteiger partial charge in [-0.1, -0.05) is 0 Å². The Balaban J connectivity index is 2.43. The predicted molar refractivity (Wildman–Crippen MR) is 62.8 cm³/mol. The second-order valence-corrected chi connectivity index (χ2v) is 6.49. The molecule has 0 amide bonds. The van der Waals surface area contributed by atoms with Crippen LogP contribution in [0.4, 0.5) is 17.6 Å². The quantitative estimate of drug-likeness (QED) is 0.843. The number of nitrogens with two attached hydrogens (primary N) is 1. The maximum absolute atomic E-state index is 13.1. The minimum absolute atomic E-state index is 0.0427. The van der Waals surface area contributed by atoms with Crippen LogP contribution in [0.25, 0.3) is 0 Å². The summed E-state index contributed by atoms with van der Waals surface area (Å²) in [6.45, 7) is 0.184. The summed E-state index contributed by atoms with van der Waals surface area (Å²) in [6, 6.07) is 1.30. The summed E-state index contributed by atoms with van der Waals surface area (Å²) in [4.78, 5) is -0.583. The second-order valence-electron chi connectivity index (χ2n) is 4.55. The first kappa shape index (κ1) is 15.2. The fourth-order valence-corrected chi connectivity index (χ4v) is 3.54. The van der Waals surface area contributed by atoms with E-state index in [1.54, 1.807) is 0 Å². The molecular weight excluding hydrogens is 300 g/mol. The smallest absolute Gasteiger partial charge is 0.326 e. The SMILES string of the molecule is N[C@H]1CCN(S(=O)(=O)c2ccc(F)c(C(F)(F)F)c2)C1. The fourth-order valence-electron chi connectivity index (χ4n) is 2.00. The molecule has 2 rings (SSSR count). The van der Waals surface area contributed by atoms with Crippen LogP contribution in [0.2, 0.25) is 0 Å². The number of sulfonamides is 1. The van der Waals surface area contributed by atoms with E-state index in [0.29, 0.717) is 18.6 Å². The lowest BCUT2D eigenvalue weighted by atomic mass is 10.2. The minimum atomic E-state index is -4.95. The topological polar surface area (TPSA) is 63.4 Å². The van der Waals surface area contributed by atoms with Crippen molar-refractivity contribution < 1.29 is 26.0 Å². The van der Waals surface area contributed by atoms with Gasteiger partial charge in [-0.05, 0) is 24.6 Å². The number of halogens is 4. The van der Waals surface area contributed by atoms with Crippen LogP contribution >= 0.6 is 0 Å². The Bertz CT molecular complexity index is 615. The van der Waals surface area contributed by atoms with Crippen LogP contribution in [0.3, 0.4) is 0 Å². The zero-order valence-electron chi connectivity index (χ0n) is 10.2. The second kappa shape index (κ2) is 4.97. The molecule has 2 N–H and O–H groups in total. The lowest BCUT2D eigenvalue weighted by molar-refractivity contribution is -0.140. The van der Waals surface area contributed by atoms with Gasteiger partial charge in [0.2, 0.25) is 10.0 Å². The summed E-state index contributed by atoms with van der Waals surface area (Å²) in [5, 5.41) is 0. The molecule has 9 heteroatoms. The largest absolute Gasteiger partial charge is 0.419 e. The van der Waals surface area contributed by atoms with Crippen molar-refractivity contribution in [1.29, 1.82) is 0 Å². The highest BCUT2D eigenvalue weighted by Crippen LogP contribution is 2.33. The summed E-state index contributed by atoms with van der Waals surface area (Å²) in [6.07, 6.45) is -4.51. The molecule has 1 fully saturated rings. The van der Waals surface area contributed by atoms with Crippen LogP contribution in [-0.4, -0.2) is 31.9 Å². The van der Waals surface area contributed by atoms with E-state index in [1.807, 2.05) is 0 Å². The van der Waals surface area contributed by atoms with Gasteiger partial charge in [-0.3, -0.25) is 0 Å². The fraction of sp³-hybridized carbons (Fsp3) is 0.455. The van der Waals surface area contributed by atoms with E-state index in [1.165, 1.54) is 0 Å². The molecular formula is C11H12F4N2O2S. The first-order valence-electron chi connectivity index (χ1n) is 5.75. The van der Waals surface area contributed by atoms with Crippen LogP contribution in [-0.2, 0) is 16.2 Å². The first-order valence-corrected chi connectivity index (χ1v) is 7.19. The van der Waals surface area contributed by atoms with Gasteiger partial charge in [0.05, 0.1) is 10.5 Å². The third-order valence-corrected chi connectivity index (χ3v) is 4.93. The molecule has 1 aliphatic rings. The van der Waals surface area contributed by atoms with Gasteiger partial charge in [0.15, 0.2) is 0 Å². The summed E-state index contributed by atoms with van der Waals surface area (Å²) >= 11 is 0. The van der Waals surface area contributed by atoms with Crippen molar-refractivity contribution in [2.45, 2.75) is 23.5 Å². The molecule has 0 unspecified atom stereocenters. The highest BCUT2D eigenvalue weighted by molar-refractivity contribution is 7.89. The molecule has 1 aliphatic heterocycles. The standard InChI is InChI=1S/C11H12F4N2O2S/c12-10-2-1-8(5-9(10)11(13,14)15)20(18,19)17-4-3-7(16)6-17/h1-2,5,7H,3-4,6,16H2/t7-/m0/s1. The molecule has 0 aromatic heterocycles. The molecule has 4 nitrogen and oxygen atoms in total. The van der Waals surface area contributed by atoms with Crippen LogP contribution in [0.1, 0.15) is 12.0 Å². The van der Waals surface area contributed by atoms with Gasteiger partial charge in [-0.15, -0.1) is 0 Å². The number of hydrogen-bond donors (Lipinski definition) is 1. The third kappa shape index (κ3) is 2.79. The summed E-state index contributed by atoms with van der Waals surface area (Å²) in [5.74, 6) is -1.51. The Labute approximate surface area is 113 Å². The minimum Gasteiger partial charge on any atom is -0.326 e. The molecule has 20 heavy (non-hydrogen) atoms. The average Bonchev–Trinajstić information content (AvgIpc) is 2.75. The van der Waals surface area contributed by atoms with Gasteiger partial charge >= 0.3 is 6.18 Å². The van der Waals surface area contributed by atoms with Gasteiger partial charge in [0, 0.05) is 19.1 Å². The van der Waals surface area contributed by atoms with E-state index in [4.69, 9.17) is 5.73 Å². The summed E-state index contributed by atoms with van der Waals surface area (Å²) in [5.41, 5.74) is 3.98. The molecule has 0 radical (unpaired) electrons. The van der Waals surface area contributed by atoms with Crippen molar-refractivity contribution in [3.8, 4) is 0 Å². The van der Waals surface area contributed by atoms with Gasteiger partial charge in [0.25, 0.3) is 0 Å². The lowest BCUT2D eigenvalue weighted by Gasteiger charge is -2.17. The molecule has 1 aromatic carbocycles. The zero-order chi connectivity index (χ0) is 15.1. The molecule has 1 heterocycles.